The van der Waals surface area contributed by atoms with Crippen LogP contribution in [0, 0.1) is 13.8 Å². The van der Waals surface area contributed by atoms with E-state index >= 15 is 0 Å². The van der Waals surface area contributed by atoms with Crippen molar-refractivity contribution < 1.29 is 14.6 Å². The number of aromatic nitrogens is 2. The molecule has 176 valence electrons. The Balaban J connectivity index is 1.60. The van der Waals surface area contributed by atoms with Crippen molar-refractivity contribution in [3.8, 4) is 5.75 Å². The number of imidazole rings is 1. The molecule has 0 aliphatic carbocycles. The summed E-state index contributed by atoms with van der Waals surface area (Å²) >= 11 is 6.28. The average molecular weight is 477 g/mol. The highest BCUT2D eigenvalue weighted by Gasteiger charge is 2.15. The third-order valence-corrected chi connectivity index (χ3v) is 6.56. The fourth-order valence-electron chi connectivity index (χ4n) is 4.49. The van der Waals surface area contributed by atoms with Crippen molar-refractivity contribution in [1.29, 1.82) is 0 Å². The van der Waals surface area contributed by atoms with Crippen molar-refractivity contribution in [3.63, 3.8) is 0 Å². The number of hydrogen-bond donors (Lipinski definition) is 1. The Labute approximate surface area is 205 Å². The van der Waals surface area contributed by atoms with Crippen LogP contribution in [0.15, 0.2) is 48.5 Å². The van der Waals surface area contributed by atoms with Crippen LogP contribution in [0.4, 0.5) is 0 Å². The van der Waals surface area contributed by atoms with E-state index in [0.717, 1.165) is 42.0 Å². The van der Waals surface area contributed by atoms with Gasteiger partial charge >= 0.3 is 5.97 Å². The zero-order valence-corrected chi connectivity index (χ0v) is 20.7. The van der Waals surface area contributed by atoms with E-state index in [1.807, 2.05) is 6.07 Å². The topological polar surface area (TPSA) is 64.4 Å². The van der Waals surface area contributed by atoms with Crippen molar-refractivity contribution in [3.05, 3.63) is 92.8 Å². The largest absolute Gasteiger partial charge is 0.489 e. The van der Waals surface area contributed by atoms with Crippen molar-refractivity contribution in [2.24, 2.45) is 0 Å². The van der Waals surface area contributed by atoms with Crippen LogP contribution in [0.2, 0.25) is 5.02 Å². The van der Waals surface area contributed by atoms with Crippen LogP contribution in [0.3, 0.4) is 0 Å². The van der Waals surface area contributed by atoms with Gasteiger partial charge in [0.05, 0.1) is 21.6 Å². The first-order chi connectivity index (χ1) is 16.3. The third-order valence-electron chi connectivity index (χ3n) is 6.11. The molecular weight excluding hydrogens is 448 g/mol. The first-order valence-corrected chi connectivity index (χ1v) is 11.9. The minimum atomic E-state index is -1.05. The molecule has 0 bridgehead atoms. The number of carboxylic acids is 1. The number of aromatic carboxylic acids is 1. The van der Waals surface area contributed by atoms with Crippen LogP contribution in [0.25, 0.3) is 11.0 Å². The van der Waals surface area contributed by atoms with E-state index in [-0.39, 0.29) is 17.2 Å². The van der Waals surface area contributed by atoms with Gasteiger partial charge in [0.25, 0.3) is 0 Å². The molecule has 1 N–H and O–H groups in total. The van der Waals surface area contributed by atoms with Gasteiger partial charge in [0.1, 0.15) is 18.2 Å². The van der Waals surface area contributed by atoms with Gasteiger partial charge in [0.15, 0.2) is 0 Å². The second kappa shape index (κ2) is 9.90. The summed E-state index contributed by atoms with van der Waals surface area (Å²) in [7, 11) is 0. The van der Waals surface area contributed by atoms with Crippen LogP contribution in [0.1, 0.15) is 57.8 Å². The molecule has 0 radical (unpaired) electrons. The Bertz CT molecular complexity index is 1370. The second-order valence-corrected chi connectivity index (χ2v) is 8.96. The number of fused-ring (bicyclic) bond motifs is 1. The molecule has 4 rings (SSSR count). The number of ether oxygens (including phenoxy) is 1. The van der Waals surface area contributed by atoms with Crippen molar-refractivity contribution in [2.75, 3.05) is 0 Å². The highest BCUT2D eigenvalue weighted by Crippen LogP contribution is 2.28. The predicted molar refractivity (Wildman–Crippen MR) is 136 cm³/mol. The zero-order chi connectivity index (χ0) is 24.4. The molecule has 0 saturated heterocycles. The third kappa shape index (κ3) is 4.66. The molecule has 1 heterocycles. The van der Waals surface area contributed by atoms with E-state index in [1.165, 1.54) is 28.3 Å². The van der Waals surface area contributed by atoms with Crippen molar-refractivity contribution >= 4 is 28.6 Å². The van der Waals surface area contributed by atoms with Crippen LogP contribution in [-0.4, -0.2) is 20.6 Å². The second-order valence-electron chi connectivity index (χ2n) is 8.59. The minimum Gasteiger partial charge on any atom is -0.489 e. The summed E-state index contributed by atoms with van der Waals surface area (Å²) in [6, 6.07) is 15.6. The Morgan fingerprint density at radius 2 is 1.85 bits per heavy atom. The lowest BCUT2D eigenvalue weighted by molar-refractivity contribution is 0.0697. The fourth-order valence-corrected chi connectivity index (χ4v) is 4.75. The van der Waals surface area contributed by atoms with E-state index in [0.29, 0.717) is 5.56 Å². The van der Waals surface area contributed by atoms with Crippen LogP contribution >= 0.6 is 11.6 Å². The van der Waals surface area contributed by atoms with Gasteiger partial charge in [-0.1, -0.05) is 55.8 Å². The standard InChI is InChI=1S/C28H29ClN2O3/c1-5-20-14-19(15-31-25(6-2)30-23-13-17(3)12-18(4)27(23)31)10-11-24(20)34-16-21-8-7-9-22(26(21)29)28(32)33/h7-14H,5-6,15-16H2,1-4H3,(H,32,33). The van der Waals surface area contributed by atoms with Gasteiger partial charge in [-0.15, -0.1) is 0 Å². The average Bonchev–Trinajstić information content (AvgIpc) is 3.15. The molecule has 0 aliphatic heterocycles. The first-order valence-electron chi connectivity index (χ1n) is 11.5. The SMILES string of the molecule is CCc1cc(Cn2c(CC)nc3cc(C)cc(C)c32)ccc1OCc1cccc(C(=O)O)c1Cl. The smallest absolute Gasteiger partial charge is 0.337 e. The Kier molecular flexibility index (Phi) is 6.94. The zero-order valence-electron chi connectivity index (χ0n) is 20.0. The molecule has 5 nitrogen and oxygen atoms in total. The number of benzene rings is 3. The number of carbonyl (C=O) groups is 1. The summed E-state index contributed by atoms with van der Waals surface area (Å²) in [6.07, 6.45) is 1.68. The molecule has 3 aromatic carbocycles. The molecule has 0 aliphatic rings. The van der Waals surface area contributed by atoms with Crippen LogP contribution in [0.5, 0.6) is 5.75 Å². The van der Waals surface area contributed by atoms with Gasteiger partial charge in [-0.3, -0.25) is 0 Å². The quantitative estimate of drug-likeness (QED) is 0.305. The Hall–Kier alpha value is -3.31. The highest BCUT2D eigenvalue weighted by atomic mass is 35.5. The van der Waals surface area contributed by atoms with E-state index in [9.17, 15) is 9.90 Å². The molecule has 0 saturated carbocycles. The summed E-state index contributed by atoms with van der Waals surface area (Å²) in [5, 5.41) is 9.51. The Morgan fingerprint density at radius 1 is 1.06 bits per heavy atom. The minimum absolute atomic E-state index is 0.0820. The number of rotatable bonds is 8. The van der Waals surface area contributed by atoms with Crippen molar-refractivity contribution in [2.45, 2.75) is 53.7 Å². The highest BCUT2D eigenvalue weighted by molar-refractivity contribution is 6.34. The molecule has 6 heteroatoms. The first kappa shape index (κ1) is 23.8. The lowest BCUT2D eigenvalue weighted by atomic mass is 10.1. The number of nitrogens with zero attached hydrogens (tertiary/aromatic N) is 2. The molecule has 0 amide bonds. The molecule has 4 aromatic rings. The van der Waals surface area contributed by atoms with Gasteiger partial charge in [-0.25, -0.2) is 9.78 Å². The number of aryl methyl sites for hydroxylation is 4. The normalized spacial score (nSPS) is 11.2. The van der Waals surface area contributed by atoms with E-state index in [1.54, 1.807) is 12.1 Å². The van der Waals surface area contributed by atoms with Gasteiger partial charge in [0, 0.05) is 18.5 Å². The van der Waals surface area contributed by atoms with Crippen molar-refractivity contribution in [1.82, 2.24) is 9.55 Å². The summed E-state index contributed by atoms with van der Waals surface area (Å²) < 4.78 is 8.39. The van der Waals surface area contributed by atoms with Crippen LogP contribution < -0.4 is 4.74 Å². The summed E-state index contributed by atoms with van der Waals surface area (Å²) in [5.74, 6) is 0.811. The van der Waals surface area contributed by atoms with E-state index in [4.69, 9.17) is 21.3 Å². The fraction of sp³-hybridized carbons (Fsp3) is 0.286. The molecule has 0 atom stereocenters. The molecule has 0 spiro atoms. The van der Waals surface area contributed by atoms with Gasteiger partial charge in [-0.2, -0.15) is 0 Å². The van der Waals surface area contributed by atoms with E-state index < -0.39 is 5.97 Å². The maximum absolute atomic E-state index is 11.4. The molecular formula is C28H29ClN2O3. The molecule has 0 unspecified atom stereocenters. The lowest BCUT2D eigenvalue weighted by Crippen LogP contribution is -2.07. The maximum Gasteiger partial charge on any atom is 0.337 e. The maximum atomic E-state index is 11.4. The van der Waals surface area contributed by atoms with Gasteiger partial charge in [0.2, 0.25) is 0 Å². The van der Waals surface area contributed by atoms with Gasteiger partial charge in [-0.05, 0) is 60.7 Å². The van der Waals surface area contributed by atoms with E-state index in [2.05, 4.69) is 56.5 Å². The predicted octanol–water partition coefficient (Wildman–Crippen LogP) is 6.76. The summed E-state index contributed by atoms with van der Waals surface area (Å²) in [5.41, 5.74) is 7.70. The molecule has 1 aromatic heterocycles. The lowest BCUT2D eigenvalue weighted by Gasteiger charge is -2.15. The summed E-state index contributed by atoms with van der Waals surface area (Å²) in [4.78, 5) is 16.2. The van der Waals surface area contributed by atoms with Crippen LogP contribution in [-0.2, 0) is 26.0 Å². The molecule has 0 fully saturated rings. The number of carboxylic acid groups (broad SMARTS) is 1. The Morgan fingerprint density at radius 3 is 2.56 bits per heavy atom. The molecule has 34 heavy (non-hydrogen) atoms. The number of hydrogen-bond acceptors (Lipinski definition) is 3. The number of halogens is 1. The monoisotopic (exact) mass is 476 g/mol. The summed E-state index contributed by atoms with van der Waals surface area (Å²) in [6.45, 7) is 9.43. The van der Waals surface area contributed by atoms with Gasteiger partial charge < -0.3 is 14.4 Å².